The maximum Gasteiger partial charge on any atom is 0.336 e. The summed E-state index contributed by atoms with van der Waals surface area (Å²) in [5, 5.41) is 33.8. The molecule has 2 rings (SSSR count). The van der Waals surface area contributed by atoms with Crippen LogP contribution in [0.25, 0.3) is 5.82 Å². The Hall–Kier alpha value is -3.60. The molecule has 4 N–H and O–H groups in total. The third kappa shape index (κ3) is 6.48. The number of aliphatic carboxylic acids is 3. The maximum atomic E-state index is 11.8. The maximum absolute atomic E-state index is 11.8. The molecule has 0 bridgehead atoms. The van der Waals surface area contributed by atoms with E-state index in [1.165, 1.54) is 0 Å². The second-order valence-electron chi connectivity index (χ2n) is 6.70. The summed E-state index contributed by atoms with van der Waals surface area (Å²) in [6.07, 6.45) is -0.503. The zero-order valence-electron chi connectivity index (χ0n) is 16.9. The van der Waals surface area contributed by atoms with E-state index in [9.17, 15) is 19.2 Å². The minimum absolute atomic E-state index is 0.0868. The van der Waals surface area contributed by atoms with Crippen LogP contribution in [0.2, 0.25) is 0 Å². The average molecular weight is 421 g/mol. The van der Waals surface area contributed by atoms with E-state index in [0.29, 0.717) is 5.82 Å². The molecule has 0 aliphatic heterocycles. The van der Waals surface area contributed by atoms with Crippen molar-refractivity contribution in [3.63, 3.8) is 0 Å². The number of aromatic nitrogens is 3. The van der Waals surface area contributed by atoms with Crippen LogP contribution in [0.4, 0.5) is 0 Å². The number of nitrogens with zero attached hydrogens (tertiary/aromatic N) is 3. The first-order valence-corrected chi connectivity index (χ1v) is 8.67. The van der Waals surface area contributed by atoms with E-state index >= 15 is 0 Å². The van der Waals surface area contributed by atoms with Crippen LogP contribution in [-0.4, -0.2) is 58.5 Å². The summed E-state index contributed by atoms with van der Waals surface area (Å²) in [5.74, 6) is -4.41. The number of aliphatic hydroxyl groups is 1. The third-order valence-corrected chi connectivity index (χ3v) is 4.03. The normalized spacial score (nSPS) is 10.7. The molecule has 0 aliphatic carbocycles. The van der Waals surface area contributed by atoms with Crippen molar-refractivity contribution in [3.8, 4) is 5.82 Å². The Morgan fingerprint density at radius 2 is 1.40 bits per heavy atom. The lowest BCUT2D eigenvalue weighted by Crippen LogP contribution is -2.42. The van der Waals surface area contributed by atoms with Crippen LogP contribution < -0.4 is 5.56 Å². The molecule has 2 aromatic heterocycles. The summed E-state index contributed by atoms with van der Waals surface area (Å²) >= 11 is 0. The van der Waals surface area contributed by atoms with Crippen LogP contribution in [0.5, 0.6) is 0 Å². The molecule has 0 saturated carbocycles. The standard InChI is InChI=1S/C13H15N3O.C6H8O7/c1-8-5-6-12(17)16(7-8)13-11(4)14-9(2)10(3)15-13;7-3(8)1-6(13,5(11)12)2-4(9)10/h5-7H,1-4H3;13H,1-2H2,(H,7,8)(H,9,10)(H,11,12). The van der Waals surface area contributed by atoms with E-state index in [2.05, 4.69) is 9.97 Å². The van der Waals surface area contributed by atoms with E-state index in [1.54, 1.807) is 22.9 Å². The lowest BCUT2D eigenvalue weighted by atomic mass is 9.96. The minimum atomic E-state index is -2.74. The fourth-order valence-corrected chi connectivity index (χ4v) is 2.40. The van der Waals surface area contributed by atoms with Crippen molar-refractivity contribution >= 4 is 17.9 Å². The van der Waals surface area contributed by atoms with Gasteiger partial charge in [0.25, 0.3) is 5.56 Å². The van der Waals surface area contributed by atoms with Crippen LogP contribution in [-0.2, 0) is 14.4 Å². The molecular weight excluding hydrogens is 398 g/mol. The molecule has 2 aromatic rings. The molecule has 2 heterocycles. The topological polar surface area (TPSA) is 180 Å². The number of carboxylic acid groups (broad SMARTS) is 3. The van der Waals surface area contributed by atoms with Gasteiger partial charge in [-0.1, -0.05) is 6.07 Å². The van der Waals surface area contributed by atoms with Gasteiger partial charge in [0, 0.05) is 12.3 Å². The molecule has 0 radical (unpaired) electrons. The predicted molar refractivity (Wildman–Crippen MR) is 104 cm³/mol. The summed E-state index contributed by atoms with van der Waals surface area (Å²) in [6, 6.07) is 3.34. The average Bonchev–Trinajstić information content (AvgIpc) is 2.59. The van der Waals surface area contributed by atoms with Gasteiger partial charge in [-0.25, -0.2) is 9.78 Å². The van der Waals surface area contributed by atoms with Gasteiger partial charge >= 0.3 is 17.9 Å². The molecule has 0 fully saturated rings. The number of pyridine rings is 1. The summed E-state index contributed by atoms with van der Waals surface area (Å²) in [7, 11) is 0. The molecule has 0 aromatic carbocycles. The van der Waals surface area contributed by atoms with Gasteiger partial charge in [-0.15, -0.1) is 0 Å². The number of carboxylic acids is 3. The number of rotatable bonds is 6. The largest absolute Gasteiger partial charge is 0.481 e. The minimum Gasteiger partial charge on any atom is -0.481 e. The van der Waals surface area contributed by atoms with E-state index in [1.807, 2.05) is 27.7 Å². The van der Waals surface area contributed by atoms with Crippen molar-refractivity contribution in [2.24, 2.45) is 0 Å². The first kappa shape index (κ1) is 24.4. The molecule has 11 nitrogen and oxygen atoms in total. The quantitative estimate of drug-likeness (QED) is 0.516. The number of aryl methyl sites for hydroxylation is 4. The van der Waals surface area contributed by atoms with Crippen LogP contribution in [0.1, 0.15) is 35.5 Å². The van der Waals surface area contributed by atoms with Crippen molar-refractivity contribution in [2.45, 2.75) is 46.1 Å². The Morgan fingerprint density at radius 1 is 0.900 bits per heavy atom. The van der Waals surface area contributed by atoms with E-state index < -0.39 is 36.4 Å². The lowest BCUT2D eigenvalue weighted by Gasteiger charge is -2.18. The summed E-state index contributed by atoms with van der Waals surface area (Å²) in [5.41, 5.74) is 0.699. The summed E-state index contributed by atoms with van der Waals surface area (Å²) < 4.78 is 1.55. The lowest BCUT2D eigenvalue weighted by molar-refractivity contribution is -0.170. The van der Waals surface area contributed by atoms with Gasteiger partial charge in [0.2, 0.25) is 0 Å². The van der Waals surface area contributed by atoms with Crippen molar-refractivity contribution < 1.29 is 34.8 Å². The summed E-state index contributed by atoms with van der Waals surface area (Å²) in [4.78, 5) is 51.1. The molecule has 0 aliphatic rings. The van der Waals surface area contributed by atoms with Gasteiger partial charge in [0.1, 0.15) is 0 Å². The van der Waals surface area contributed by atoms with Gasteiger partial charge in [-0.2, -0.15) is 0 Å². The smallest absolute Gasteiger partial charge is 0.336 e. The molecule has 0 saturated heterocycles. The Labute approximate surface area is 171 Å². The fraction of sp³-hybridized carbons (Fsp3) is 0.368. The Bertz CT molecular complexity index is 1010. The molecule has 11 heteroatoms. The molecule has 0 amide bonds. The Balaban J connectivity index is 0.000000314. The van der Waals surface area contributed by atoms with Crippen LogP contribution in [0.3, 0.4) is 0 Å². The first-order valence-electron chi connectivity index (χ1n) is 8.67. The van der Waals surface area contributed by atoms with Crippen molar-refractivity contribution in [2.75, 3.05) is 0 Å². The summed E-state index contributed by atoms with van der Waals surface area (Å²) in [6.45, 7) is 7.62. The van der Waals surface area contributed by atoms with Crippen LogP contribution >= 0.6 is 0 Å². The predicted octanol–water partition coefficient (Wildman–Crippen LogP) is 0.613. The molecule has 0 unspecified atom stereocenters. The van der Waals surface area contributed by atoms with Gasteiger partial charge in [0.15, 0.2) is 11.4 Å². The van der Waals surface area contributed by atoms with Crippen molar-refractivity contribution in [3.05, 3.63) is 51.3 Å². The highest BCUT2D eigenvalue weighted by molar-refractivity contribution is 5.88. The highest BCUT2D eigenvalue weighted by Crippen LogP contribution is 2.15. The van der Waals surface area contributed by atoms with E-state index in [-0.39, 0.29) is 5.56 Å². The monoisotopic (exact) mass is 421 g/mol. The first-order chi connectivity index (χ1) is 13.8. The van der Waals surface area contributed by atoms with Gasteiger partial charge < -0.3 is 20.4 Å². The highest BCUT2D eigenvalue weighted by atomic mass is 16.4. The molecule has 0 atom stereocenters. The van der Waals surface area contributed by atoms with Gasteiger partial charge in [-0.05, 0) is 33.3 Å². The number of carbonyl (C=O) groups is 3. The second-order valence-corrected chi connectivity index (χ2v) is 6.70. The number of hydrogen-bond acceptors (Lipinski definition) is 7. The molecule has 30 heavy (non-hydrogen) atoms. The molecule has 0 spiro atoms. The van der Waals surface area contributed by atoms with E-state index in [0.717, 1.165) is 22.6 Å². The zero-order chi connectivity index (χ0) is 23.2. The second kappa shape index (κ2) is 9.74. The third-order valence-electron chi connectivity index (χ3n) is 4.03. The van der Waals surface area contributed by atoms with Crippen molar-refractivity contribution in [1.82, 2.24) is 14.5 Å². The fourth-order valence-electron chi connectivity index (χ4n) is 2.40. The van der Waals surface area contributed by atoms with E-state index in [4.69, 9.17) is 20.4 Å². The molecular formula is C19H23N3O8. The van der Waals surface area contributed by atoms with Gasteiger partial charge in [-0.3, -0.25) is 23.9 Å². The van der Waals surface area contributed by atoms with Crippen LogP contribution in [0, 0.1) is 27.7 Å². The van der Waals surface area contributed by atoms with Crippen molar-refractivity contribution in [1.29, 1.82) is 0 Å². The van der Waals surface area contributed by atoms with Crippen LogP contribution in [0.15, 0.2) is 23.1 Å². The SMILES string of the molecule is Cc1ccc(=O)n(-c2nc(C)c(C)nc2C)c1.O=C(O)CC(O)(CC(=O)O)C(=O)O. The number of hydrogen-bond donors (Lipinski definition) is 4. The zero-order valence-corrected chi connectivity index (χ0v) is 16.9. The van der Waals surface area contributed by atoms with Gasteiger partial charge in [0.05, 0.1) is 29.9 Å². The molecule has 162 valence electrons. The Morgan fingerprint density at radius 3 is 1.87 bits per heavy atom. The Kier molecular flexibility index (Phi) is 7.94. The highest BCUT2D eigenvalue weighted by Gasteiger charge is 2.40.